The number of pyridine rings is 1. The van der Waals surface area contributed by atoms with Gasteiger partial charge in [0.2, 0.25) is 0 Å². The van der Waals surface area contributed by atoms with E-state index in [1.165, 1.54) is 19.3 Å². The van der Waals surface area contributed by atoms with Gasteiger partial charge in [0.25, 0.3) is 5.91 Å². The molecule has 0 spiro atoms. The molecule has 1 aliphatic rings. The Bertz CT molecular complexity index is 415. The van der Waals surface area contributed by atoms with Gasteiger partial charge >= 0.3 is 0 Å². The number of rotatable bonds is 4. The minimum Gasteiger partial charge on any atom is -0.394 e. The number of nitrogens with one attached hydrogen (secondary N) is 1. The minimum absolute atomic E-state index is 0.0241. The topological polar surface area (TPSA) is 62.2 Å². The van der Waals surface area contributed by atoms with Crippen LogP contribution in [-0.4, -0.2) is 28.1 Å². The van der Waals surface area contributed by atoms with Crippen LogP contribution in [0, 0.1) is 5.92 Å². The van der Waals surface area contributed by atoms with Gasteiger partial charge in [0.05, 0.1) is 17.7 Å². The van der Waals surface area contributed by atoms with E-state index in [1.807, 2.05) is 6.92 Å². The van der Waals surface area contributed by atoms with E-state index in [2.05, 4.69) is 10.3 Å². The first-order chi connectivity index (χ1) is 9.15. The van der Waals surface area contributed by atoms with Crippen LogP contribution < -0.4 is 5.32 Å². The van der Waals surface area contributed by atoms with E-state index in [1.54, 1.807) is 24.5 Å². The van der Waals surface area contributed by atoms with Crippen LogP contribution in [0.1, 0.15) is 49.4 Å². The molecule has 2 N–H and O–H groups in total. The SMILES string of the molecule is C[C@](CO)(NC(=O)c1cccnc1)C1CCCCC1. The number of hydrogen-bond donors (Lipinski definition) is 2. The fraction of sp³-hybridized carbons (Fsp3) is 0.600. The Morgan fingerprint density at radius 1 is 1.47 bits per heavy atom. The maximum Gasteiger partial charge on any atom is 0.253 e. The number of nitrogens with zero attached hydrogens (tertiary/aromatic N) is 1. The molecule has 0 bridgehead atoms. The highest BCUT2D eigenvalue weighted by Crippen LogP contribution is 2.32. The van der Waals surface area contributed by atoms with Crippen LogP contribution in [0.4, 0.5) is 0 Å². The molecule has 1 fully saturated rings. The normalized spacial score (nSPS) is 19.7. The van der Waals surface area contributed by atoms with Crippen LogP contribution in [0.2, 0.25) is 0 Å². The molecule has 4 heteroatoms. The lowest BCUT2D eigenvalue weighted by molar-refractivity contribution is 0.0679. The van der Waals surface area contributed by atoms with Crippen molar-refractivity contribution in [2.75, 3.05) is 6.61 Å². The first-order valence-corrected chi connectivity index (χ1v) is 6.99. The highest BCUT2D eigenvalue weighted by Gasteiger charge is 2.35. The van der Waals surface area contributed by atoms with Gasteiger partial charge in [-0.3, -0.25) is 9.78 Å². The van der Waals surface area contributed by atoms with Crippen molar-refractivity contribution in [2.24, 2.45) is 5.92 Å². The van der Waals surface area contributed by atoms with Gasteiger partial charge in [-0.2, -0.15) is 0 Å². The van der Waals surface area contributed by atoms with Crippen LogP contribution in [-0.2, 0) is 0 Å². The smallest absolute Gasteiger partial charge is 0.253 e. The Labute approximate surface area is 114 Å². The van der Waals surface area contributed by atoms with E-state index in [-0.39, 0.29) is 12.5 Å². The summed E-state index contributed by atoms with van der Waals surface area (Å²) in [6.07, 6.45) is 8.96. The van der Waals surface area contributed by atoms with Crippen molar-refractivity contribution >= 4 is 5.91 Å². The Hall–Kier alpha value is -1.42. The van der Waals surface area contributed by atoms with E-state index in [0.29, 0.717) is 11.5 Å². The molecule has 0 radical (unpaired) electrons. The summed E-state index contributed by atoms with van der Waals surface area (Å²) in [5, 5.41) is 12.7. The summed E-state index contributed by atoms with van der Waals surface area (Å²) >= 11 is 0. The van der Waals surface area contributed by atoms with E-state index in [4.69, 9.17) is 0 Å². The van der Waals surface area contributed by atoms with Gasteiger partial charge in [0.1, 0.15) is 0 Å². The summed E-state index contributed by atoms with van der Waals surface area (Å²) in [7, 11) is 0. The molecule has 1 aromatic rings. The van der Waals surface area contributed by atoms with Crippen molar-refractivity contribution in [3.05, 3.63) is 30.1 Å². The molecule has 2 rings (SSSR count). The van der Waals surface area contributed by atoms with Crippen molar-refractivity contribution in [2.45, 2.75) is 44.6 Å². The molecule has 1 heterocycles. The number of amides is 1. The molecule has 104 valence electrons. The van der Waals surface area contributed by atoms with Crippen LogP contribution in [0.15, 0.2) is 24.5 Å². The first-order valence-electron chi connectivity index (χ1n) is 6.99. The largest absolute Gasteiger partial charge is 0.394 e. The molecule has 0 saturated heterocycles. The molecule has 4 nitrogen and oxygen atoms in total. The first kappa shape index (κ1) is 14.0. The van der Waals surface area contributed by atoms with Gasteiger partial charge in [-0.15, -0.1) is 0 Å². The highest BCUT2D eigenvalue weighted by molar-refractivity contribution is 5.94. The Morgan fingerprint density at radius 3 is 2.79 bits per heavy atom. The van der Waals surface area contributed by atoms with E-state index in [9.17, 15) is 9.90 Å². The van der Waals surface area contributed by atoms with Gasteiger partial charge in [-0.25, -0.2) is 0 Å². The minimum atomic E-state index is -0.534. The molecule has 0 unspecified atom stereocenters. The lowest BCUT2D eigenvalue weighted by Crippen LogP contribution is -2.54. The van der Waals surface area contributed by atoms with Gasteiger partial charge in [-0.1, -0.05) is 19.3 Å². The number of aliphatic hydroxyl groups excluding tert-OH is 1. The summed E-state index contributed by atoms with van der Waals surface area (Å²) in [5.74, 6) is 0.196. The van der Waals surface area contributed by atoms with Crippen molar-refractivity contribution in [3.8, 4) is 0 Å². The molecule has 0 aromatic carbocycles. The van der Waals surface area contributed by atoms with Crippen molar-refractivity contribution in [1.82, 2.24) is 10.3 Å². The third-order valence-corrected chi connectivity index (χ3v) is 4.16. The average Bonchev–Trinajstić information content (AvgIpc) is 2.49. The molecular weight excluding hydrogens is 240 g/mol. The van der Waals surface area contributed by atoms with Gasteiger partial charge in [0, 0.05) is 12.4 Å². The molecule has 19 heavy (non-hydrogen) atoms. The zero-order valence-corrected chi connectivity index (χ0v) is 11.4. The number of carbonyl (C=O) groups excluding carboxylic acids is 1. The monoisotopic (exact) mass is 262 g/mol. The summed E-state index contributed by atoms with van der Waals surface area (Å²) in [6.45, 7) is 1.92. The molecule has 1 saturated carbocycles. The van der Waals surface area contributed by atoms with E-state index in [0.717, 1.165) is 12.8 Å². The predicted molar refractivity (Wildman–Crippen MR) is 73.8 cm³/mol. The Kier molecular flexibility index (Phi) is 4.53. The van der Waals surface area contributed by atoms with Crippen LogP contribution in [0.3, 0.4) is 0 Å². The third-order valence-electron chi connectivity index (χ3n) is 4.16. The summed E-state index contributed by atoms with van der Waals surface area (Å²) in [4.78, 5) is 16.2. The zero-order valence-electron chi connectivity index (χ0n) is 11.4. The maximum absolute atomic E-state index is 12.2. The van der Waals surface area contributed by atoms with Gasteiger partial charge < -0.3 is 10.4 Å². The predicted octanol–water partition coefficient (Wildman–Crippen LogP) is 2.14. The summed E-state index contributed by atoms with van der Waals surface area (Å²) in [5.41, 5.74) is 0.00542. The highest BCUT2D eigenvalue weighted by atomic mass is 16.3. The molecule has 1 amide bonds. The van der Waals surface area contributed by atoms with Crippen molar-refractivity contribution < 1.29 is 9.90 Å². The van der Waals surface area contributed by atoms with Crippen LogP contribution in [0.25, 0.3) is 0 Å². The van der Waals surface area contributed by atoms with Crippen molar-refractivity contribution in [3.63, 3.8) is 0 Å². The lowest BCUT2D eigenvalue weighted by Gasteiger charge is -2.39. The van der Waals surface area contributed by atoms with Crippen molar-refractivity contribution in [1.29, 1.82) is 0 Å². The summed E-state index contributed by atoms with van der Waals surface area (Å²) in [6, 6.07) is 3.48. The molecule has 1 atom stereocenters. The van der Waals surface area contributed by atoms with Crippen LogP contribution in [0.5, 0.6) is 0 Å². The fourth-order valence-electron chi connectivity index (χ4n) is 2.84. The fourth-order valence-corrected chi connectivity index (χ4v) is 2.84. The van der Waals surface area contributed by atoms with E-state index < -0.39 is 5.54 Å². The second-order valence-corrected chi connectivity index (χ2v) is 5.61. The van der Waals surface area contributed by atoms with Gasteiger partial charge in [-0.05, 0) is 37.8 Å². The van der Waals surface area contributed by atoms with Gasteiger partial charge in [0.15, 0.2) is 0 Å². The van der Waals surface area contributed by atoms with Crippen LogP contribution >= 0.6 is 0 Å². The molecule has 1 aliphatic carbocycles. The number of aliphatic hydroxyl groups is 1. The number of aromatic nitrogens is 1. The third kappa shape index (κ3) is 3.32. The van der Waals surface area contributed by atoms with E-state index >= 15 is 0 Å². The number of carbonyl (C=O) groups is 1. The Morgan fingerprint density at radius 2 is 2.21 bits per heavy atom. The zero-order chi connectivity index (χ0) is 13.7. The lowest BCUT2D eigenvalue weighted by atomic mass is 9.76. The second kappa shape index (κ2) is 6.15. The second-order valence-electron chi connectivity index (χ2n) is 5.61. The maximum atomic E-state index is 12.2. The average molecular weight is 262 g/mol. The Balaban J connectivity index is 2.07. The standard InChI is InChI=1S/C15H22N2O2/c1-15(11-18,13-7-3-2-4-8-13)17-14(19)12-6-5-9-16-10-12/h5-6,9-10,13,18H,2-4,7-8,11H2,1H3,(H,17,19)/t15-/m1/s1. The molecule has 1 aromatic heterocycles. The molecule has 0 aliphatic heterocycles. The number of hydrogen-bond acceptors (Lipinski definition) is 3. The molecular formula is C15H22N2O2. The quantitative estimate of drug-likeness (QED) is 0.874. The summed E-state index contributed by atoms with van der Waals surface area (Å²) < 4.78 is 0.